The zero-order valence-corrected chi connectivity index (χ0v) is 32.3. The quantitative estimate of drug-likeness (QED) is 0.176. The maximum Gasteiger partial charge on any atom is 0.245 e. The zero-order valence-electron chi connectivity index (χ0n) is 32.3. The number of amides is 4. The Morgan fingerprint density at radius 1 is 0.774 bits per heavy atom. The molecule has 12 nitrogen and oxygen atoms in total. The molecule has 5 atom stereocenters. The summed E-state index contributed by atoms with van der Waals surface area (Å²) in [6.45, 7) is 12.4. The van der Waals surface area contributed by atoms with E-state index in [9.17, 15) is 24.0 Å². The number of epoxide rings is 1. The van der Waals surface area contributed by atoms with Gasteiger partial charge < -0.3 is 30.3 Å². The van der Waals surface area contributed by atoms with Crippen LogP contribution in [0.2, 0.25) is 0 Å². The number of carbonyl (C=O) groups excluding carboxylic acids is 5. The lowest BCUT2D eigenvalue weighted by atomic mass is 9.93. The molecule has 0 radical (unpaired) electrons. The molecule has 0 unspecified atom stereocenters. The van der Waals surface area contributed by atoms with Crippen LogP contribution in [0.5, 0.6) is 0 Å². The first-order valence-corrected chi connectivity index (χ1v) is 19.0. The third-order valence-electron chi connectivity index (χ3n) is 9.84. The van der Waals surface area contributed by atoms with Gasteiger partial charge in [-0.15, -0.1) is 0 Å². The number of ether oxygens (including phenoxy) is 2. The van der Waals surface area contributed by atoms with Gasteiger partial charge in [0, 0.05) is 26.6 Å². The van der Waals surface area contributed by atoms with Gasteiger partial charge in [0.05, 0.1) is 32.4 Å². The number of benzene rings is 2. The molecule has 0 aromatic heterocycles. The lowest BCUT2D eigenvalue weighted by Crippen LogP contribution is -2.59. The Balaban J connectivity index is 1.55. The molecule has 0 aliphatic carbocycles. The Morgan fingerprint density at radius 3 is 1.91 bits per heavy atom. The number of carbonyl (C=O) groups is 5. The average Bonchev–Trinajstić information content (AvgIpc) is 3.89. The van der Waals surface area contributed by atoms with Gasteiger partial charge >= 0.3 is 0 Å². The molecular weight excluding hydrogens is 674 g/mol. The predicted molar refractivity (Wildman–Crippen MR) is 203 cm³/mol. The highest BCUT2D eigenvalue weighted by Crippen LogP contribution is 2.29. The molecule has 3 N–H and O–H groups in total. The van der Waals surface area contributed by atoms with Crippen LogP contribution in [0.15, 0.2) is 60.7 Å². The fourth-order valence-electron chi connectivity index (χ4n) is 6.62. The lowest BCUT2D eigenvalue weighted by Gasteiger charge is -2.33. The van der Waals surface area contributed by atoms with Gasteiger partial charge in [-0.2, -0.15) is 0 Å². The number of nitrogens with zero attached hydrogens (tertiary/aromatic N) is 2. The number of hydrogen-bond acceptors (Lipinski definition) is 8. The van der Waals surface area contributed by atoms with Crippen LogP contribution in [-0.2, 0) is 46.3 Å². The first-order chi connectivity index (χ1) is 25.3. The summed E-state index contributed by atoms with van der Waals surface area (Å²) in [5.41, 5.74) is 0.926. The summed E-state index contributed by atoms with van der Waals surface area (Å²) in [6, 6.07) is 15.5. The van der Waals surface area contributed by atoms with Crippen molar-refractivity contribution < 1.29 is 33.4 Å². The van der Waals surface area contributed by atoms with Crippen LogP contribution in [0.25, 0.3) is 0 Å². The molecule has 2 saturated heterocycles. The van der Waals surface area contributed by atoms with Crippen molar-refractivity contribution in [1.82, 2.24) is 25.8 Å². The molecule has 2 heterocycles. The molecule has 290 valence electrons. The molecule has 2 aromatic carbocycles. The molecular formula is C41H59N5O7. The van der Waals surface area contributed by atoms with Crippen molar-refractivity contribution in [3.8, 4) is 0 Å². The first kappa shape index (κ1) is 41.6. The largest absolute Gasteiger partial charge is 0.379 e. The van der Waals surface area contributed by atoms with E-state index in [-0.39, 0.29) is 42.4 Å². The fraction of sp³-hybridized carbons (Fsp3) is 0.585. The molecule has 4 rings (SSSR count). The summed E-state index contributed by atoms with van der Waals surface area (Å²) >= 11 is 0. The number of hydrogen-bond donors (Lipinski definition) is 3. The van der Waals surface area contributed by atoms with E-state index in [0.29, 0.717) is 58.6 Å². The Morgan fingerprint density at radius 2 is 1.34 bits per heavy atom. The highest BCUT2D eigenvalue weighted by molar-refractivity contribution is 5.98. The second kappa shape index (κ2) is 19.8. The summed E-state index contributed by atoms with van der Waals surface area (Å²) in [6.07, 6.45) is 1.81. The van der Waals surface area contributed by atoms with Crippen LogP contribution >= 0.6 is 0 Å². The van der Waals surface area contributed by atoms with E-state index < -0.39 is 41.6 Å². The molecule has 12 heteroatoms. The van der Waals surface area contributed by atoms with Crippen LogP contribution < -0.4 is 16.0 Å². The Hall–Kier alpha value is -4.13. The van der Waals surface area contributed by atoms with E-state index in [1.807, 2.05) is 93.3 Å². The standard InChI is InChI=1S/C41H59N5O7/c1-28(2)23-33(37(48)41(5)27-53-41)43-38(49)34(25-31-15-11-8-12-16-31)44-39(50)35(24-29(3)4)45(6)40(51)32(18-17-30-13-9-7-10-14-30)42-36(47)26-46-19-21-52-22-20-46/h7-16,28-29,32-35H,17-27H2,1-6H3,(H,42,47)(H,43,49)(H,44,50)/t32-,33-,34-,35-,41+/m0/s1. The summed E-state index contributed by atoms with van der Waals surface area (Å²) in [7, 11) is 1.58. The summed E-state index contributed by atoms with van der Waals surface area (Å²) in [5, 5.41) is 8.86. The van der Waals surface area contributed by atoms with Crippen molar-refractivity contribution in [1.29, 1.82) is 0 Å². The fourth-order valence-corrected chi connectivity index (χ4v) is 6.62. The highest BCUT2D eigenvalue weighted by Gasteiger charge is 2.50. The van der Waals surface area contributed by atoms with Crippen LogP contribution in [0.1, 0.15) is 65.0 Å². The second-order valence-corrected chi connectivity index (χ2v) is 15.5. The SMILES string of the molecule is CC(C)C[C@H](NC(=O)[C@H](Cc1ccccc1)NC(=O)[C@H](CC(C)C)N(C)C(=O)[C@H](CCc1ccccc1)NC(=O)CN1CCOCC1)C(=O)[C@@]1(C)CO1. The third kappa shape index (κ3) is 13.0. The molecule has 0 saturated carbocycles. The minimum atomic E-state index is -1.03. The topological polar surface area (TPSA) is 150 Å². The number of ketones is 1. The number of likely N-dealkylation sites (N-methyl/N-ethyl adjacent to an activating group) is 1. The molecule has 2 aliphatic rings. The second-order valence-electron chi connectivity index (χ2n) is 15.5. The van der Waals surface area contributed by atoms with Gasteiger partial charge in [0.1, 0.15) is 23.7 Å². The number of nitrogens with one attached hydrogen (secondary N) is 3. The van der Waals surface area contributed by atoms with Crippen molar-refractivity contribution in [3.05, 3.63) is 71.8 Å². The van der Waals surface area contributed by atoms with E-state index in [1.165, 1.54) is 4.90 Å². The van der Waals surface area contributed by atoms with Gasteiger partial charge in [-0.1, -0.05) is 88.4 Å². The van der Waals surface area contributed by atoms with Crippen LogP contribution in [0.4, 0.5) is 0 Å². The van der Waals surface area contributed by atoms with Crippen LogP contribution in [0.3, 0.4) is 0 Å². The predicted octanol–water partition coefficient (Wildman–Crippen LogP) is 2.93. The minimum absolute atomic E-state index is 0.0217. The van der Waals surface area contributed by atoms with Crippen LogP contribution in [-0.4, -0.2) is 115 Å². The summed E-state index contributed by atoms with van der Waals surface area (Å²) in [4.78, 5) is 72.7. The van der Waals surface area contributed by atoms with Gasteiger partial charge in [-0.3, -0.25) is 28.9 Å². The minimum Gasteiger partial charge on any atom is -0.379 e. The van der Waals surface area contributed by atoms with E-state index in [0.717, 1.165) is 11.1 Å². The molecule has 2 aromatic rings. The number of morpholine rings is 1. The lowest BCUT2D eigenvalue weighted by molar-refractivity contribution is -0.143. The molecule has 2 aliphatic heterocycles. The highest BCUT2D eigenvalue weighted by atomic mass is 16.6. The monoisotopic (exact) mass is 733 g/mol. The van der Waals surface area contributed by atoms with Crippen molar-refractivity contribution in [2.75, 3.05) is 46.5 Å². The molecule has 53 heavy (non-hydrogen) atoms. The Bertz CT molecular complexity index is 1510. The normalized spacial score (nSPS) is 19.5. The molecule has 0 bridgehead atoms. The van der Waals surface area contributed by atoms with Crippen molar-refractivity contribution in [2.45, 2.75) is 96.5 Å². The van der Waals surface area contributed by atoms with E-state index in [2.05, 4.69) is 16.0 Å². The number of aryl methyl sites for hydroxylation is 1. The number of Topliss-reactive ketones (excluding diaryl/α,β-unsaturated/α-hetero) is 1. The summed E-state index contributed by atoms with van der Waals surface area (Å²) < 4.78 is 10.8. The van der Waals surface area contributed by atoms with Gasteiger partial charge in [-0.25, -0.2) is 0 Å². The Kier molecular flexibility index (Phi) is 15.6. The molecule has 0 spiro atoms. The van der Waals surface area contributed by atoms with E-state index in [4.69, 9.17) is 9.47 Å². The van der Waals surface area contributed by atoms with E-state index >= 15 is 0 Å². The maximum atomic E-state index is 14.3. The van der Waals surface area contributed by atoms with Gasteiger partial charge in [0.25, 0.3) is 0 Å². The summed E-state index contributed by atoms with van der Waals surface area (Å²) in [5.74, 6) is -1.69. The first-order valence-electron chi connectivity index (χ1n) is 19.0. The average molecular weight is 734 g/mol. The smallest absolute Gasteiger partial charge is 0.245 e. The van der Waals surface area contributed by atoms with Crippen LogP contribution in [0, 0.1) is 11.8 Å². The maximum absolute atomic E-state index is 14.3. The van der Waals surface area contributed by atoms with Crippen molar-refractivity contribution in [3.63, 3.8) is 0 Å². The van der Waals surface area contributed by atoms with Gasteiger partial charge in [0.2, 0.25) is 23.6 Å². The zero-order chi connectivity index (χ0) is 38.5. The van der Waals surface area contributed by atoms with E-state index in [1.54, 1.807) is 14.0 Å². The molecule has 4 amide bonds. The van der Waals surface area contributed by atoms with Gasteiger partial charge in [0.15, 0.2) is 5.78 Å². The number of rotatable bonds is 20. The van der Waals surface area contributed by atoms with Gasteiger partial charge in [-0.05, 0) is 55.6 Å². The van der Waals surface area contributed by atoms with Crippen molar-refractivity contribution >= 4 is 29.4 Å². The molecule has 2 fully saturated rings. The Labute approximate surface area is 314 Å². The van der Waals surface area contributed by atoms with Crippen molar-refractivity contribution in [2.24, 2.45) is 11.8 Å². The third-order valence-corrected chi connectivity index (χ3v) is 9.84.